The van der Waals surface area contributed by atoms with Gasteiger partial charge in [-0.05, 0) is 40.3 Å². The van der Waals surface area contributed by atoms with Crippen molar-refractivity contribution in [3.05, 3.63) is 26.7 Å². The third-order valence-electron chi connectivity index (χ3n) is 1.29. The van der Waals surface area contributed by atoms with Crippen molar-refractivity contribution in [1.82, 2.24) is 0 Å². The van der Waals surface area contributed by atoms with Crippen molar-refractivity contribution in [2.45, 2.75) is 0 Å². The van der Waals surface area contributed by atoms with Crippen LogP contribution in [-0.2, 0) is 0 Å². The minimum absolute atomic E-state index is 0.153. The van der Waals surface area contributed by atoms with E-state index < -0.39 is 0 Å². The lowest BCUT2D eigenvalue weighted by Gasteiger charge is -2.08. The number of nitrogens with one attached hydrogen (secondary N) is 1. The van der Waals surface area contributed by atoms with E-state index in [0.29, 0.717) is 15.7 Å². The van der Waals surface area contributed by atoms with Crippen LogP contribution in [0.5, 0.6) is 0 Å². The van der Waals surface area contributed by atoms with Crippen LogP contribution in [0.25, 0.3) is 0 Å². The SMILES string of the molecule is NC(=S)Nc1ccc(Br)c(Cl)c1Cl. The Balaban J connectivity index is 3.10. The predicted octanol–water partition coefficient (Wildman–Crippen LogP) is 3.41. The van der Waals surface area contributed by atoms with E-state index in [4.69, 9.17) is 28.9 Å². The summed E-state index contributed by atoms with van der Waals surface area (Å²) in [5.41, 5.74) is 5.89. The Morgan fingerprint density at radius 3 is 2.54 bits per heavy atom. The van der Waals surface area contributed by atoms with E-state index in [-0.39, 0.29) is 5.11 Å². The lowest BCUT2D eigenvalue weighted by atomic mass is 10.3. The normalized spacial score (nSPS) is 9.77. The molecule has 3 N–H and O–H groups in total. The first-order chi connectivity index (χ1) is 6.02. The zero-order chi connectivity index (χ0) is 10.0. The molecule has 0 radical (unpaired) electrons. The maximum Gasteiger partial charge on any atom is 0.168 e. The molecule has 6 heteroatoms. The first-order valence-corrected chi connectivity index (χ1v) is 5.18. The van der Waals surface area contributed by atoms with E-state index in [9.17, 15) is 0 Å². The van der Waals surface area contributed by atoms with Gasteiger partial charge in [0, 0.05) is 4.47 Å². The average molecular weight is 300 g/mol. The van der Waals surface area contributed by atoms with Gasteiger partial charge in [-0.2, -0.15) is 0 Å². The van der Waals surface area contributed by atoms with Gasteiger partial charge in [-0.3, -0.25) is 0 Å². The molecule has 0 aliphatic heterocycles. The first kappa shape index (κ1) is 11.0. The van der Waals surface area contributed by atoms with Gasteiger partial charge in [-0.25, -0.2) is 0 Å². The second-order valence-electron chi connectivity index (χ2n) is 2.21. The molecular formula is C7H5BrCl2N2S. The molecule has 2 nitrogen and oxygen atoms in total. The van der Waals surface area contributed by atoms with E-state index in [1.54, 1.807) is 12.1 Å². The fourth-order valence-corrected chi connectivity index (χ4v) is 1.69. The van der Waals surface area contributed by atoms with E-state index in [0.717, 1.165) is 4.47 Å². The molecule has 0 saturated heterocycles. The monoisotopic (exact) mass is 298 g/mol. The van der Waals surface area contributed by atoms with Gasteiger partial charge in [0.25, 0.3) is 0 Å². The molecule has 1 aromatic rings. The summed E-state index contributed by atoms with van der Waals surface area (Å²) >= 11 is 19.7. The van der Waals surface area contributed by atoms with Crippen LogP contribution >= 0.6 is 51.3 Å². The number of rotatable bonds is 1. The van der Waals surface area contributed by atoms with Crippen LogP contribution in [0.3, 0.4) is 0 Å². The minimum Gasteiger partial charge on any atom is -0.376 e. The molecule has 0 amide bonds. The van der Waals surface area contributed by atoms with E-state index in [1.165, 1.54) is 0 Å². The summed E-state index contributed by atoms with van der Waals surface area (Å²) in [5.74, 6) is 0. The summed E-state index contributed by atoms with van der Waals surface area (Å²) in [7, 11) is 0. The van der Waals surface area contributed by atoms with E-state index >= 15 is 0 Å². The lowest BCUT2D eigenvalue weighted by Crippen LogP contribution is -2.19. The molecule has 1 aromatic carbocycles. The number of halogens is 3. The lowest BCUT2D eigenvalue weighted by molar-refractivity contribution is 1.58. The van der Waals surface area contributed by atoms with Crippen LogP contribution in [0.1, 0.15) is 0 Å². The molecule has 13 heavy (non-hydrogen) atoms. The van der Waals surface area contributed by atoms with Crippen molar-refractivity contribution in [1.29, 1.82) is 0 Å². The third kappa shape index (κ3) is 2.71. The Kier molecular flexibility index (Phi) is 3.79. The Hall–Kier alpha value is -0.0300. The minimum atomic E-state index is 0.153. The summed E-state index contributed by atoms with van der Waals surface area (Å²) in [6.45, 7) is 0. The van der Waals surface area contributed by atoms with Crippen molar-refractivity contribution >= 4 is 62.1 Å². The van der Waals surface area contributed by atoms with Crippen molar-refractivity contribution < 1.29 is 0 Å². The fourth-order valence-electron chi connectivity index (χ4n) is 0.755. The quantitative estimate of drug-likeness (QED) is 0.616. The van der Waals surface area contributed by atoms with Crippen LogP contribution in [-0.4, -0.2) is 5.11 Å². The van der Waals surface area contributed by atoms with Crippen molar-refractivity contribution in [2.24, 2.45) is 5.73 Å². The molecule has 0 aliphatic rings. The maximum absolute atomic E-state index is 5.90. The van der Waals surface area contributed by atoms with Gasteiger partial charge in [0.15, 0.2) is 5.11 Å². The Morgan fingerprint density at radius 2 is 2.00 bits per heavy atom. The number of thiocarbonyl (C=S) groups is 1. The van der Waals surface area contributed by atoms with Crippen LogP contribution < -0.4 is 11.1 Å². The number of hydrogen-bond acceptors (Lipinski definition) is 1. The van der Waals surface area contributed by atoms with Crippen LogP contribution in [0, 0.1) is 0 Å². The molecule has 0 heterocycles. The molecular weight excluding hydrogens is 295 g/mol. The summed E-state index contributed by atoms with van der Waals surface area (Å²) in [6, 6.07) is 3.49. The van der Waals surface area contributed by atoms with Gasteiger partial charge < -0.3 is 11.1 Å². The zero-order valence-corrected chi connectivity index (χ0v) is 10.2. The van der Waals surface area contributed by atoms with Gasteiger partial charge in [0.2, 0.25) is 0 Å². The van der Waals surface area contributed by atoms with Gasteiger partial charge in [0.1, 0.15) is 0 Å². The Bertz CT molecular complexity index is 357. The van der Waals surface area contributed by atoms with Crippen molar-refractivity contribution in [3.63, 3.8) is 0 Å². The number of anilines is 1. The molecule has 70 valence electrons. The van der Waals surface area contributed by atoms with Crippen LogP contribution in [0.2, 0.25) is 10.0 Å². The van der Waals surface area contributed by atoms with Crippen LogP contribution in [0.4, 0.5) is 5.69 Å². The first-order valence-electron chi connectivity index (χ1n) is 3.22. The second kappa shape index (κ2) is 4.46. The van der Waals surface area contributed by atoms with Gasteiger partial charge in [-0.1, -0.05) is 23.2 Å². The highest BCUT2D eigenvalue weighted by molar-refractivity contribution is 9.10. The highest BCUT2D eigenvalue weighted by Gasteiger charge is 2.07. The highest BCUT2D eigenvalue weighted by Crippen LogP contribution is 2.35. The van der Waals surface area contributed by atoms with Crippen molar-refractivity contribution in [3.8, 4) is 0 Å². The third-order valence-corrected chi connectivity index (χ3v) is 3.17. The summed E-state index contributed by atoms with van der Waals surface area (Å²) in [6.07, 6.45) is 0. The van der Waals surface area contributed by atoms with E-state index in [1.807, 2.05) is 0 Å². The standard InChI is InChI=1S/C7H5BrCl2N2S/c8-3-1-2-4(12-7(11)13)6(10)5(3)9/h1-2H,(H3,11,12,13). The molecule has 0 atom stereocenters. The number of benzene rings is 1. The number of nitrogens with two attached hydrogens (primary N) is 1. The average Bonchev–Trinajstić information content (AvgIpc) is 2.06. The Labute approximate surface area is 99.5 Å². The summed E-state index contributed by atoms with van der Waals surface area (Å²) in [4.78, 5) is 0. The van der Waals surface area contributed by atoms with Gasteiger partial charge >= 0.3 is 0 Å². The molecule has 0 aliphatic carbocycles. The van der Waals surface area contributed by atoms with Crippen molar-refractivity contribution in [2.75, 3.05) is 5.32 Å². The van der Waals surface area contributed by atoms with E-state index in [2.05, 4.69) is 33.5 Å². The molecule has 0 aromatic heterocycles. The van der Waals surface area contributed by atoms with Crippen LogP contribution in [0.15, 0.2) is 16.6 Å². The second-order valence-corrected chi connectivity index (χ2v) is 4.26. The maximum atomic E-state index is 5.90. The smallest absolute Gasteiger partial charge is 0.168 e. The molecule has 0 bridgehead atoms. The molecule has 0 spiro atoms. The summed E-state index contributed by atoms with van der Waals surface area (Å²) in [5, 5.41) is 3.69. The van der Waals surface area contributed by atoms with Gasteiger partial charge in [0.05, 0.1) is 15.7 Å². The predicted molar refractivity (Wildman–Crippen MR) is 64.6 cm³/mol. The largest absolute Gasteiger partial charge is 0.376 e. The molecule has 1 rings (SSSR count). The molecule has 0 saturated carbocycles. The number of hydrogen-bond donors (Lipinski definition) is 2. The highest BCUT2D eigenvalue weighted by atomic mass is 79.9. The summed E-state index contributed by atoms with van der Waals surface area (Å²) < 4.78 is 0.729. The topological polar surface area (TPSA) is 38.0 Å². The molecule has 0 fully saturated rings. The van der Waals surface area contributed by atoms with Gasteiger partial charge in [-0.15, -0.1) is 0 Å². The Morgan fingerprint density at radius 1 is 1.38 bits per heavy atom. The molecule has 0 unspecified atom stereocenters. The zero-order valence-electron chi connectivity index (χ0n) is 6.27. The fraction of sp³-hybridized carbons (Fsp3) is 0.